The van der Waals surface area contributed by atoms with Crippen LogP contribution in [0.25, 0.3) is 44.2 Å². The molecule has 3 atom stereocenters. The second-order valence-electron chi connectivity index (χ2n) is 12.5. The zero-order valence-electron chi connectivity index (χ0n) is 25.0. The molecule has 2 aliphatic carbocycles. The van der Waals surface area contributed by atoms with E-state index in [-0.39, 0.29) is 11.3 Å². The van der Waals surface area contributed by atoms with Crippen LogP contribution in [0.3, 0.4) is 0 Å². The Bertz CT molecular complexity index is 2440. The third-order valence-electron chi connectivity index (χ3n) is 10.2. The van der Waals surface area contributed by atoms with E-state index in [0.717, 1.165) is 55.7 Å². The average Bonchev–Trinajstić information content (AvgIpc) is 3.42. The Balaban J connectivity index is 1.12. The van der Waals surface area contributed by atoms with Crippen LogP contribution in [0.15, 0.2) is 158 Å². The highest BCUT2D eigenvalue weighted by atomic mass is 16.5. The van der Waals surface area contributed by atoms with E-state index in [2.05, 4.69) is 151 Å². The summed E-state index contributed by atoms with van der Waals surface area (Å²) in [6, 6.07) is 45.6. The predicted molar refractivity (Wildman–Crippen MR) is 185 cm³/mol. The van der Waals surface area contributed by atoms with Gasteiger partial charge in [-0.2, -0.15) is 0 Å². The van der Waals surface area contributed by atoms with E-state index < -0.39 is 0 Å². The molecule has 0 saturated carbocycles. The normalized spacial score (nSPS) is 20.3. The summed E-state index contributed by atoms with van der Waals surface area (Å²) in [5.41, 5.74) is 11.0. The highest BCUT2D eigenvalue weighted by Gasteiger charge is 2.56. The van der Waals surface area contributed by atoms with Crippen LogP contribution in [-0.2, 0) is 5.41 Å². The van der Waals surface area contributed by atoms with Crippen LogP contribution in [0.2, 0.25) is 0 Å². The van der Waals surface area contributed by atoms with Crippen molar-refractivity contribution in [2.75, 3.05) is 0 Å². The van der Waals surface area contributed by atoms with Crippen molar-refractivity contribution in [2.24, 2.45) is 5.92 Å². The molecule has 3 nitrogen and oxygen atoms in total. The molecule has 0 radical (unpaired) electrons. The fourth-order valence-corrected chi connectivity index (χ4v) is 8.29. The van der Waals surface area contributed by atoms with E-state index in [0.29, 0.717) is 5.92 Å². The number of aromatic nitrogens is 2. The second kappa shape index (κ2) is 9.60. The fraction of sp³-hybridized carbons (Fsp3) is 0.0698. The van der Waals surface area contributed by atoms with Gasteiger partial charge in [-0.25, -0.2) is 4.98 Å². The molecule has 5 aromatic carbocycles. The van der Waals surface area contributed by atoms with Crippen molar-refractivity contribution in [2.45, 2.75) is 11.3 Å². The number of fused-ring (bicyclic) bond motifs is 12. The van der Waals surface area contributed by atoms with Gasteiger partial charge in [0.05, 0.1) is 22.1 Å². The van der Waals surface area contributed by atoms with Crippen LogP contribution in [-0.4, -0.2) is 9.97 Å². The summed E-state index contributed by atoms with van der Waals surface area (Å²) in [5.74, 6) is 2.43. The van der Waals surface area contributed by atoms with E-state index in [1.54, 1.807) is 0 Å². The highest BCUT2D eigenvalue weighted by Crippen LogP contribution is 2.64. The SMILES string of the molecule is C1=CC2c3ccccc3C3(c4ccccc4Oc4cc(-c5cccc(-c6ccc7ccc8cccnc8c7n6)c5)ccc43)C2C=C1. The molecule has 10 rings (SSSR count). The lowest BCUT2D eigenvalue weighted by Crippen LogP contribution is -2.37. The summed E-state index contributed by atoms with van der Waals surface area (Å²) in [4.78, 5) is 9.76. The number of hydrogen-bond donors (Lipinski definition) is 0. The van der Waals surface area contributed by atoms with Crippen LogP contribution >= 0.6 is 0 Å². The van der Waals surface area contributed by atoms with E-state index in [1.165, 1.54) is 22.3 Å². The Kier molecular flexibility index (Phi) is 5.32. The topological polar surface area (TPSA) is 35.0 Å². The number of ether oxygens (including phenoxy) is 1. The van der Waals surface area contributed by atoms with Crippen molar-refractivity contribution in [1.82, 2.24) is 9.97 Å². The van der Waals surface area contributed by atoms with Crippen LogP contribution < -0.4 is 4.74 Å². The molecule has 1 spiro atoms. The van der Waals surface area contributed by atoms with Crippen molar-refractivity contribution in [3.05, 3.63) is 180 Å². The largest absolute Gasteiger partial charge is 0.457 e. The Labute approximate surface area is 267 Å². The lowest BCUT2D eigenvalue weighted by molar-refractivity contribution is 0.374. The van der Waals surface area contributed by atoms with Gasteiger partial charge in [0.15, 0.2) is 0 Å². The molecule has 46 heavy (non-hydrogen) atoms. The summed E-state index contributed by atoms with van der Waals surface area (Å²) in [6.45, 7) is 0. The first-order valence-electron chi connectivity index (χ1n) is 15.9. The van der Waals surface area contributed by atoms with Crippen LogP contribution in [0.1, 0.15) is 28.2 Å². The molecule has 1 aliphatic heterocycles. The van der Waals surface area contributed by atoms with Crippen molar-refractivity contribution in [3.8, 4) is 33.9 Å². The van der Waals surface area contributed by atoms with Gasteiger partial charge in [-0.05, 0) is 52.6 Å². The van der Waals surface area contributed by atoms with Gasteiger partial charge in [0.1, 0.15) is 11.5 Å². The van der Waals surface area contributed by atoms with Gasteiger partial charge < -0.3 is 4.74 Å². The molecule has 2 aromatic heterocycles. The maximum Gasteiger partial charge on any atom is 0.132 e. The van der Waals surface area contributed by atoms with Gasteiger partial charge in [0.2, 0.25) is 0 Å². The number of para-hydroxylation sites is 1. The first-order valence-corrected chi connectivity index (χ1v) is 15.9. The van der Waals surface area contributed by atoms with E-state index >= 15 is 0 Å². The van der Waals surface area contributed by atoms with Crippen LogP contribution in [0.5, 0.6) is 11.5 Å². The summed E-state index contributed by atoms with van der Waals surface area (Å²) in [6.07, 6.45) is 11.0. The number of hydrogen-bond acceptors (Lipinski definition) is 3. The molecule has 0 N–H and O–H groups in total. The molecular formula is C43H28N2O. The van der Waals surface area contributed by atoms with E-state index in [4.69, 9.17) is 9.72 Å². The van der Waals surface area contributed by atoms with E-state index in [1.807, 2.05) is 12.3 Å². The molecule has 3 heteroatoms. The number of allylic oxidation sites excluding steroid dienone is 4. The Morgan fingerprint density at radius 1 is 0.543 bits per heavy atom. The summed E-state index contributed by atoms with van der Waals surface area (Å²) >= 11 is 0. The van der Waals surface area contributed by atoms with Crippen molar-refractivity contribution in [1.29, 1.82) is 0 Å². The molecule has 0 amide bonds. The molecule has 3 aliphatic rings. The molecule has 3 unspecified atom stereocenters. The van der Waals surface area contributed by atoms with Gasteiger partial charge in [0, 0.05) is 45.5 Å². The minimum Gasteiger partial charge on any atom is -0.457 e. The maximum absolute atomic E-state index is 6.76. The molecule has 7 aromatic rings. The average molecular weight is 589 g/mol. The highest BCUT2D eigenvalue weighted by molar-refractivity contribution is 6.03. The van der Waals surface area contributed by atoms with Gasteiger partial charge in [-0.1, -0.05) is 121 Å². The van der Waals surface area contributed by atoms with Crippen molar-refractivity contribution in [3.63, 3.8) is 0 Å². The first kappa shape index (κ1) is 25.5. The Morgan fingerprint density at radius 3 is 2.26 bits per heavy atom. The lowest BCUT2D eigenvalue weighted by atomic mass is 9.62. The standard InChI is InChI=1S/C43H28N2O/c1-3-14-34-32(12-1)33-13-2-4-15-35(33)43(34)36-16-5-6-17-39(36)46-40-26-30(20-22-37(40)43)29-9-7-10-31(25-29)38-23-21-28-19-18-27-11-8-24-44-41(27)42(28)45-38/h1-26,32,34H. The monoisotopic (exact) mass is 588 g/mol. The molecule has 0 fully saturated rings. The maximum atomic E-state index is 6.76. The summed E-state index contributed by atoms with van der Waals surface area (Å²) in [5, 5.41) is 2.18. The zero-order chi connectivity index (χ0) is 30.2. The number of nitrogens with zero attached hydrogens (tertiary/aromatic N) is 2. The van der Waals surface area contributed by atoms with Gasteiger partial charge in [-0.3, -0.25) is 4.98 Å². The molecule has 3 heterocycles. The first-order chi connectivity index (χ1) is 22.8. The van der Waals surface area contributed by atoms with Crippen LogP contribution in [0, 0.1) is 5.92 Å². The number of pyridine rings is 2. The molecule has 0 saturated heterocycles. The smallest absolute Gasteiger partial charge is 0.132 e. The third kappa shape index (κ3) is 3.48. The second-order valence-corrected chi connectivity index (χ2v) is 12.5. The lowest BCUT2D eigenvalue weighted by Gasteiger charge is -2.43. The predicted octanol–water partition coefficient (Wildman–Crippen LogP) is 10.4. The molecule has 216 valence electrons. The summed E-state index contributed by atoms with van der Waals surface area (Å²) < 4.78 is 6.76. The molecule has 0 bridgehead atoms. The van der Waals surface area contributed by atoms with Gasteiger partial charge in [0.25, 0.3) is 0 Å². The third-order valence-corrected chi connectivity index (χ3v) is 10.2. The number of benzene rings is 5. The van der Waals surface area contributed by atoms with Gasteiger partial charge >= 0.3 is 0 Å². The zero-order valence-corrected chi connectivity index (χ0v) is 25.0. The van der Waals surface area contributed by atoms with E-state index in [9.17, 15) is 0 Å². The van der Waals surface area contributed by atoms with Crippen molar-refractivity contribution < 1.29 is 4.74 Å². The minimum absolute atomic E-state index is 0.262. The number of rotatable bonds is 2. The molecular weight excluding hydrogens is 560 g/mol. The summed E-state index contributed by atoms with van der Waals surface area (Å²) in [7, 11) is 0. The van der Waals surface area contributed by atoms with Crippen molar-refractivity contribution >= 4 is 21.8 Å². The fourth-order valence-electron chi connectivity index (χ4n) is 8.29. The Hall–Kier alpha value is -5.80. The van der Waals surface area contributed by atoms with Crippen LogP contribution in [0.4, 0.5) is 0 Å². The quantitative estimate of drug-likeness (QED) is 0.189. The minimum atomic E-state index is -0.334. The van der Waals surface area contributed by atoms with Gasteiger partial charge in [-0.15, -0.1) is 0 Å². The Morgan fingerprint density at radius 2 is 1.30 bits per heavy atom.